The number of nitrogens with one attached hydrogen (secondary N) is 1. The van der Waals surface area contributed by atoms with Crippen molar-refractivity contribution in [3.05, 3.63) is 29.8 Å². The van der Waals surface area contributed by atoms with E-state index in [-0.39, 0.29) is 5.91 Å². The lowest BCUT2D eigenvalue weighted by Crippen LogP contribution is -2.16. The van der Waals surface area contributed by atoms with Crippen molar-refractivity contribution in [3.8, 4) is 0 Å². The second-order valence-corrected chi connectivity index (χ2v) is 5.20. The lowest BCUT2D eigenvalue weighted by atomic mass is 10.0. The van der Waals surface area contributed by atoms with Crippen molar-refractivity contribution >= 4 is 11.6 Å². The topological polar surface area (TPSA) is 55.1 Å². The third-order valence-corrected chi connectivity index (χ3v) is 3.13. The van der Waals surface area contributed by atoms with Crippen LogP contribution in [-0.4, -0.2) is 12.5 Å². The summed E-state index contributed by atoms with van der Waals surface area (Å²) in [6.45, 7) is 7.00. The molecular formula is C15H24N2O. The molecule has 1 aromatic carbocycles. The number of hydrogen-bond donors (Lipinski definition) is 2. The predicted molar refractivity (Wildman–Crippen MR) is 76.6 cm³/mol. The molecule has 0 saturated carbocycles. The van der Waals surface area contributed by atoms with Gasteiger partial charge in [0.05, 0.1) is 0 Å². The second kappa shape index (κ2) is 7.17. The summed E-state index contributed by atoms with van der Waals surface area (Å²) < 4.78 is 0. The molecule has 0 fully saturated rings. The van der Waals surface area contributed by atoms with Crippen molar-refractivity contribution in [1.29, 1.82) is 0 Å². The minimum absolute atomic E-state index is 0.0626. The van der Waals surface area contributed by atoms with Gasteiger partial charge in [-0.15, -0.1) is 0 Å². The third-order valence-electron chi connectivity index (χ3n) is 3.13. The molecule has 0 aliphatic carbocycles. The molecule has 1 atom stereocenters. The second-order valence-electron chi connectivity index (χ2n) is 5.20. The SMILES string of the molecule is CC(CN)CCC(=O)Nc1ccc(C(C)C)cc1. The zero-order valence-corrected chi connectivity index (χ0v) is 11.6. The normalized spacial score (nSPS) is 12.5. The van der Waals surface area contributed by atoms with Crippen LogP contribution in [-0.2, 0) is 4.79 Å². The Morgan fingerprint density at radius 2 is 1.83 bits per heavy atom. The third kappa shape index (κ3) is 4.88. The average molecular weight is 248 g/mol. The minimum Gasteiger partial charge on any atom is -0.330 e. The van der Waals surface area contributed by atoms with Crippen LogP contribution in [0.15, 0.2) is 24.3 Å². The molecule has 18 heavy (non-hydrogen) atoms. The zero-order chi connectivity index (χ0) is 13.5. The summed E-state index contributed by atoms with van der Waals surface area (Å²) in [5.74, 6) is 0.979. The van der Waals surface area contributed by atoms with E-state index in [1.807, 2.05) is 12.1 Å². The van der Waals surface area contributed by atoms with Crippen LogP contribution in [0.25, 0.3) is 0 Å². The molecule has 0 aliphatic rings. The molecule has 3 nitrogen and oxygen atoms in total. The molecule has 1 unspecified atom stereocenters. The standard InChI is InChI=1S/C15H24N2O/c1-11(2)13-5-7-14(8-6-13)17-15(18)9-4-12(3)10-16/h5-8,11-12H,4,9-10,16H2,1-3H3,(H,17,18). The van der Waals surface area contributed by atoms with Gasteiger partial charge in [-0.2, -0.15) is 0 Å². The van der Waals surface area contributed by atoms with E-state index in [4.69, 9.17) is 5.73 Å². The predicted octanol–water partition coefficient (Wildman–Crippen LogP) is 3.12. The van der Waals surface area contributed by atoms with Crippen LogP contribution in [0.2, 0.25) is 0 Å². The van der Waals surface area contributed by atoms with E-state index in [0.717, 1.165) is 12.1 Å². The number of carbonyl (C=O) groups is 1. The number of hydrogen-bond acceptors (Lipinski definition) is 2. The number of carbonyl (C=O) groups excluding carboxylic acids is 1. The van der Waals surface area contributed by atoms with E-state index in [9.17, 15) is 4.79 Å². The molecule has 0 bridgehead atoms. The van der Waals surface area contributed by atoms with E-state index in [0.29, 0.717) is 24.8 Å². The van der Waals surface area contributed by atoms with Gasteiger partial charge in [0.15, 0.2) is 0 Å². The maximum Gasteiger partial charge on any atom is 0.224 e. The Morgan fingerprint density at radius 3 is 2.33 bits per heavy atom. The van der Waals surface area contributed by atoms with Crippen LogP contribution in [0, 0.1) is 5.92 Å². The Balaban J connectivity index is 2.44. The highest BCUT2D eigenvalue weighted by Gasteiger charge is 2.06. The fourth-order valence-corrected chi connectivity index (χ4v) is 1.67. The first-order valence-electron chi connectivity index (χ1n) is 6.62. The number of amides is 1. The average Bonchev–Trinajstić information content (AvgIpc) is 2.36. The molecule has 1 rings (SSSR count). The maximum atomic E-state index is 11.7. The Bertz CT molecular complexity index is 371. The van der Waals surface area contributed by atoms with Gasteiger partial charge in [-0.3, -0.25) is 4.79 Å². The Kier molecular flexibility index (Phi) is 5.86. The van der Waals surface area contributed by atoms with Gasteiger partial charge in [-0.25, -0.2) is 0 Å². The first kappa shape index (κ1) is 14.7. The van der Waals surface area contributed by atoms with Gasteiger partial charge in [0.2, 0.25) is 5.91 Å². The Hall–Kier alpha value is -1.35. The minimum atomic E-state index is 0.0626. The molecule has 0 spiro atoms. The Labute approximate surface area is 110 Å². The zero-order valence-electron chi connectivity index (χ0n) is 11.6. The van der Waals surface area contributed by atoms with Crippen LogP contribution >= 0.6 is 0 Å². The Morgan fingerprint density at radius 1 is 1.22 bits per heavy atom. The van der Waals surface area contributed by atoms with Crippen molar-refractivity contribution in [3.63, 3.8) is 0 Å². The van der Waals surface area contributed by atoms with Crippen LogP contribution in [0.1, 0.15) is 45.1 Å². The van der Waals surface area contributed by atoms with E-state index in [2.05, 4.69) is 38.2 Å². The van der Waals surface area contributed by atoms with Gasteiger partial charge < -0.3 is 11.1 Å². The lowest BCUT2D eigenvalue weighted by molar-refractivity contribution is -0.116. The van der Waals surface area contributed by atoms with Gasteiger partial charge in [-0.05, 0) is 42.5 Å². The fraction of sp³-hybridized carbons (Fsp3) is 0.533. The van der Waals surface area contributed by atoms with Gasteiger partial charge in [-0.1, -0.05) is 32.9 Å². The molecule has 0 aromatic heterocycles. The highest BCUT2D eigenvalue weighted by molar-refractivity contribution is 5.90. The van der Waals surface area contributed by atoms with Crippen molar-refractivity contribution in [2.45, 2.75) is 39.5 Å². The van der Waals surface area contributed by atoms with E-state index in [1.54, 1.807) is 0 Å². The van der Waals surface area contributed by atoms with Gasteiger partial charge in [0.1, 0.15) is 0 Å². The van der Waals surface area contributed by atoms with Crippen molar-refractivity contribution < 1.29 is 4.79 Å². The molecule has 3 N–H and O–H groups in total. The number of anilines is 1. The molecule has 0 radical (unpaired) electrons. The van der Waals surface area contributed by atoms with E-state index >= 15 is 0 Å². The summed E-state index contributed by atoms with van der Waals surface area (Å²) >= 11 is 0. The van der Waals surface area contributed by atoms with Crippen molar-refractivity contribution in [2.75, 3.05) is 11.9 Å². The summed E-state index contributed by atoms with van der Waals surface area (Å²) in [4.78, 5) is 11.7. The largest absolute Gasteiger partial charge is 0.330 e. The smallest absolute Gasteiger partial charge is 0.224 e. The fourth-order valence-electron chi connectivity index (χ4n) is 1.67. The summed E-state index contributed by atoms with van der Waals surface area (Å²) in [6.07, 6.45) is 1.37. The lowest BCUT2D eigenvalue weighted by Gasteiger charge is -2.10. The number of benzene rings is 1. The quantitative estimate of drug-likeness (QED) is 0.812. The number of rotatable bonds is 6. The maximum absolute atomic E-state index is 11.7. The van der Waals surface area contributed by atoms with Gasteiger partial charge in [0, 0.05) is 12.1 Å². The highest BCUT2D eigenvalue weighted by Crippen LogP contribution is 2.17. The van der Waals surface area contributed by atoms with Crippen LogP contribution < -0.4 is 11.1 Å². The number of nitrogens with two attached hydrogens (primary N) is 1. The van der Waals surface area contributed by atoms with Crippen LogP contribution in [0.3, 0.4) is 0 Å². The summed E-state index contributed by atoms with van der Waals surface area (Å²) in [7, 11) is 0. The summed E-state index contributed by atoms with van der Waals surface area (Å²) in [5.41, 5.74) is 7.67. The van der Waals surface area contributed by atoms with Crippen LogP contribution in [0.5, 0.6) is 0 Å². The highest BCUT2D eigenvalue weighted by atomic mass is 16.1. The van der Waals surface area contributed by atoms with Crippen molar-refractivity contribution in [2.24, 2.45) is 11.7 Å². The van der Waals surface area contributed by atoms with E-state index < -0.39 is 0 Å². The first-order valence-corrected chi connectivity index (χ1v) is 6.62. The first-order chi connectivity index (χ1) is 8.52. The van der Waals surface area contributed by atoms with Gasteiger partial charge >= 0.3 is 0 Å². The van der Waals surface area contributed by atoms with E-state index in [1.165, 1.54) is 5.56 Å². The molecule has 0 aliphatic heterocycles. The summed E-state index contributed by atoms with van der Waals surface area (Å²) in [5, 5.41) is 2.91. The molecule has 1 amide bonds. The molecule has 0 heterocycles. The van der Waals surface area contributed by atoms with Crippen LogP contribution in [0.4, 0.5) is 5.69 Å². The monoisotopic (exact) mass is 248 g/mol. The summed E-state index contributed by atoms with van der Waals surface area (Å²) in [6, 6.07) is 8.03. The molecule has 3 heteroatoms. The molecule has 100 valence electrons. The molecule has 0 saturated heterocycles. The van der Waals surface area contributed by atoms with Gasteiger partial charge in [0.25, 0.3) is 0 Å². The molecular weight excluding hydrogens is 224 g/mol. The molecule has 1 aromatic rings. The van der Waals surface area contributed by atoms with Crippen molar-refractivity contribution in [1.82, 2.24) is 0 Å².